The molecule has 8 nitrogen and oxygen atoms in total. The lowest BCUT2D eigenvalue weighted by Gasteiger charge is -2.31. The van der Waals surface area contributed by atoms with Crippen LogP contribution in [0, 0.1) is 5.92 Å². The molecule has 0 aromatic heterocycles. The number of hydrogen-bond donors (Lipinski definition) is 2. The highest BCUT2D eigenvalue weighted by atomic mass is 35.5. The van der Waals surface area contributed by atoms with Crippen molar-refractivity contribution in [1.29, 1.82) is 0 Å². The van der Waals surface area contributed by atoms with Crippen LogP contribution in [0.5, 0.6) is 0 Å². The fraction of sp³-hybridized carbons (Fsp3) is 0.296. The van der Waals surface area contributed by atoms with E-state index in [0.717, 1.165) is 5.56 Å². The Morgan fingerprint density at radius 1 is 0.923 bits per heavy atom. The van der Waals surface area contributed by atoms with Gasteiger partial charge in [0.1, 0.15) is 0 Å². The van der Waals surface area contributed by atoms with E-state index < -0.39 is 26.0 Å². The number of nitrogens with zero attached hydrogens (tertiary/aromatic N) is 1. The van der Waals surface area contributed by atoms with Gasteiger partial charge in [0.2, 0.25) is 15.9 Å². The first kappa shape index (κ1) is 29.4. The number of aryl methyl sites for hydroxylation is 1. The second kappa shape index (κ2) is 12.7. The van der Waals surface area contributed by atoms with E-state index in [-0.39, 0.29) is 38.8 Å². The molecule has 3 aromatic carbocycles. The number of sulfonamides is 2. The number of amides is 1. The summed E-state index contributed by atoms with van der Waals surface area (Å²) in [4.78, 5) is 12.9. The number of nitrogens with one attached hydrogen (secondary N) is 2. The van der Waals surface area contributed by atoms with E-state index in [1.807, 2.05) is 30.3 Å². The largest absolute Gasteiger partial charge is 0.326 e. The summed E-state index contributed by atoms with van der Waals surface area (Å²) in [5.41, 5.74) is 1.65. The number of anilines is 2. The second-order valence-corrected chi connectivity index (χ2v) is 13.9. The number of carbonyl (C=O) groups is 1. The van der Waals surface area contributed by atoms with Crippen LogP contribution in [0.15, 0.2) is 77.7 Å². The average Bonchev–Trinajstić information content (AvgIpc) is 2.92. The molecule has 39 heavy (non-hydrogen) atoms. The number of halogens is 2. The summed E-state index contributed by atoms with van der Waals surface area (Å²) in [6.45, 7) is 0.518. The summed E-state index contributed by atoms with van der Waals surface area (Å²) in [6.07, 6.45) is 2.34. The van der Waals surface area contributed by atoms with Crippen LogP contribution < -0.4 is 10.0 Å². The third kappa shape index (κ3) is 7.73. The molecule has 2 N–H and O–H groups in total. The maximum Gasteiger partial charge on any atom is 0.261 e. The minimum Gasteiger partial charge on any atom is -0.326 e. The van der Waals surface area contributed by atoms with Crippen molar-refractivity contribution in [3.63, 3.8) is 0 Å². The molecule has 1 aliphatic rings. The Hall–Kier alpha value is -2.63. The molecule has 0 bridgehead atoms. The van der Waals surface area contributed by atoms with Crippen molar-refractivity contribution < 1.29 is 21.6 Å². The number of piperidine rings is 1. The molecule has 1 atom stereocenters. The number of carbonyl (C=O) groups excluding carboxylic acids is 1. The predicted molar refractivity (Wildman–Crippen MR) is 155 cm³/mol. The SMILES string of the molecule is O=C(Nc1ccc(S(=O)(=O)Nc2cccc(Cl)c2Cl)cc1)[C@@H]1CCCN(S(=O)(=O)CCCc2ccccc2)C1. The second-order valence-electron chi connectivity index (χ2n) is 9.32. The Bertz CT molecular complexity index is 1520. The Balaban J connectivity index is 1.33. The highest BCUT2D eigenvalue weighted by Crippen LogP contribution is 2.31. The minimum atomic E-state index is -3.95. The molecule has 0 unspecified atom stereocenters. The molecule has 0 radical (unpaired) electrons. The van der Waals surface area contributed by atoms with Crippen molar-refractivity contribution in [2.45, 2.75) is 30.6 Å². The molecule has 1 heterocycles. The first-order valence-electron chi connectivity index (χ1n) is 12.4. The molecular formula is C27H29Cl2N3O5S2. The highest BCUT2D eigenvalue weighted by Gasteiger charge is 2.32. The van der Waals surface area contributed by atoms with Gasteiger partial charge >= 0.3 is 0 Å². The summed E-state index contributed by atoms with van der Waals surface area (Å²) in [7, 11) is -7.43. The van der Waals surface area contributed by atoms with Crippen LogP contribution in [-0.2, 0) is 31.3 Å². The standard InChI is InChI=1S/C27H29Cl2N3O5S2/c28-24-11-4-12-25(26(24)29)31-39(36,37)23-15-13-22(14-16-23)30-27(33)21-10-5-17-32(19-21)38(34,35)18-6-9-20-7-2-1-3-8-20/h1-4,7-8,11-16,21,31H,5-6,9-10,17-19H2,(H,30,33)/t21-/m1/s1. The zero-order chi connectivity index (χ0) is 28.0. The molecule has 12 heteroatoms. The van der Waals surface area contributed by atoms with Gasteiger partial charge in [-0.05, 0) is 67.6 Å². The van der Waals surface area contributed by atoms with Crippen LogP contribution in [0.2, 0.25) is 10.0 Å². The van der Waals surface area contributed by atoms with E-state index in [9.17, 15) is 21.6 Å². The van der Waals surface area contributed by atoms with Crippen LogP contribution in [-0.4, -0.2) is 45.9 Å². The molecule has 4 rings (SSSR count). The van der Waals surface area contributed by atoms with Gasteiger partial charge in [-0.2, -0.15) is 0 Å². The summed E-state index contributed by atoms with van der Waals surface area (Å²) >= 11 is 12.0. The smallest absolute Gasteiger partial charge is 0.261 e. The van der Waals surface area contributed by atoms with Gasteiger partial charge in [0, 0.05) is 18.8 Å². The molecule has 0 spiro atoms. The van der Waals surface area contributed by atoms with Crippen LogP contribution in [0.25, 0.3) is 0 Å². The number of hydrogen-bond acceptors (Lipinski definition) is 5. The monoisotopic (exact) mass is 609 g/mol. The molecule has 0 aliphatic carbocycles. The molecular weight excluding hydrogens is 581 g/mol. The zero-order valence-corrected chi connectivity index (χ0v) is 24.2. The van der Waals surface area contributed by atoms with Gasteiger partial charge < -0.3 is 5.32 Å². The molecule has 3 aromatic rings. The summed E-state index contributed by atoms with van der Waals surface area (Å²) in [5.74, 6) is -0.781. The zero-order valence-electron chi connectivity index (χ0n) is 21.0. The first-order chi connectivity index (χ1) is 18.5. The van der Waals surface area contributed by atoms with E-state index in [1.165, 1.54) is 34.6 Å². The van der Waals surface area contributed by atoms with Crippen LogP contribution >= 0.6 is 23.2 Å². The summed E-state index contributed by atoms with van der Waals surface area (Å²) in [6, 6.07) is 20.0. The van der Waals surface area contributed by atoms with E-state index in [2.05, 4.69) is 10.0 Å². The summed E-state index contributed by atoms with van der Waals surface area (Å²) < 4.78 is 55.2. The van der Waals surface area contributed by atoms with Gasteiger partial charge in [-0.25, -0.2) is 21.1 Å². The maximum absolute atomic E-state index is 12.9. The highest BCUT2D eigenvalue weighted by molar-refractivity contribution is 7.92. The van der Waals surface area contributed by atoms with Gasteiger partial charge in [0.05, 0.1) is 32.3 Å². The molecule has 208 valence electrons. The van der Waals surface area contributed by atoms with Crippen molar-refractivity contribution >= 4 is 60.5 Å². The van der Waals surface area contributed by atoms with Gasteiger partial charge in [-0.3, -0.25) is 9.52 Å². The van der Waals surface area contributed by atoms with E-state index >= 15 is 0 Å². The van der Waals surface area contributed by atoms with Crippen molar-refractivity contribution in [3.05, 3.63) is 88.4 Å². The van der Waals surface area contributed by atoms with E-state index in [1.54, 1.807) is 12.1 Å². The van der Waals surface area contributed by atoms with Crippen molar-refractivity contribution in [2.75, 3.05) is 28.9 Å². The molecule has 0 saturated carbocycles. The van der Waals surface area contributed by atoms with Crippen LogP contribution in [0.4, 0.5) is 11.4 Å². The lowest BCUT2D eigenvalue weighted by Crippen LogP contribution is -2.44. The molecule has 1 fully saturated rings. The maximum atomic E-state index is 12.9. The Kier molecular flexibility index (Phi) is 9.56. The summed E-state index contributed by atoms with van der Waals surface area (Å²) in [5, 5.41) is 3.09. The fourth-order valence-corrected chi connectivity index (χ4v) is 7.45. The van der Waals surface area contributed by atoms with E-state index in [0.29, 0.717) is 37.9 Å². The number of rotatable bonds is 10. The third-order valence-electron chi connectivity index (χ3n) is 6.49. The van der Waals surface area contributed by atoms with Crippen LogP contribution in [0.1, 0.15) is 24.8 Å². The molecule has 1 aliphatic heterocycles. The van der Waals surface area contributed by atoms with Gasteiger partial charge in [0.15, 0.2) is 0 Å². The van der Waals surface area contributed by atoms with Gasteiger partial charge in [-0.15, -0.1) is 0 Å². The fourth-order valence-electron chi connectivity index (χ4n) is 4.39. The van der Waals surface area contributed by atoms with Gasteiger partial charge in [0.25, 0.3) is 10.0 Å². The predicted octanol–water partition coefficient (Wildman–Crippen LogP) is 5.41. The van der Waals surface area contributed by atoms with Crippen molar-refractivity contribution in [1.82, 2.24) is 4.31 Å². The third-order valence-corrected chi connectivity index (χ3v) is 10.6. The Labute approximate surface area is 239 Å². The van der Waals surface area contributed by atoms with Crippen molar-refractivity contribution in [2.24, 2.45) is 5.92 Å². The lowest BCUT2D eigenvalue weighted by atomic mass is 9.99. The Morgan fingerprint density at radius 2 is 1.64 bits per heavy atom. The lowest BCUT2D eigenvalue weighted by molar-refractivity contribution is -0.120. The quantitative estimate of drug-likeness (QED) is 0.319. The van der Waals surface area contributed by atoms with Crippen LogP contribution in [0.3, 0.4) is 0 Å². The average molecular weight is 611 g/mol. The molecule has 1 saturated heterocycles. The normalized spacial score (nSPS) is 16.5. The van der Waals surface area contributed by atoms with E-state index in [4.69, 9.17) is 23.2 Å². The van der Waals surface area contributed by atoms with Crippen molar-refractivity contribution in [3.8, 4) is 0 Å². The topological polar surface area (TPSA) is 113 Å². The number of benzene rings is 3. The Morgan fingerprint density at radius 3 is 2.36 bits per heavy atom. The molecule has 1 amide bonds. The van der Waals surface area contributed by atoms with Gasteiger partial charge in [-0.1, -0.05) is 59.6 Å². The minimum absolute atomic E-state index is 0.0259. The first-order valence-corrected chi connectivity index (χ1v) is 16.3.